The zero-order chi connectivity index (χ0) is 9.49. The Kier molecular flexibility index (Phi) is 6.35. The quantitative estimate of drug-likeness (QED) is 0.520. The molecule has 0 unspecified atom stereocenters. The molecule has 60 valence electrons. The van der Waals surface area contributed by atoms with Crippen LogP contribution in [0.1, 0.15) is 20.8 Å². The number of aliphatic hydroxyl groups is 1. The summed E-state index contributed by atoms with van der Waals surface area (Å²) in [5, 5.41) is 8.59. The fraction of sp³-hybridized carbons (Fsp3) is 0.400. The summed E-state index contributed by atoms with van der Waals surface area (Å²) in [6.45, 7) is 8.35. The zero-order valence-electron chi connectivity index (χ0n) is 7.31. The van der Waals surface area contributed by atoms with Gasteiger partial charge in [0, 0.05) is 0 Å². The van der Waals surface area contributed by atoms with E-state index in [1.165, 1.54) is 0 Å². The lowest BCUT2D eigenvalue weighted by molar-refractivity contribution is 0.144. The Morgan fingerprint density at radius 1 is 1.45 bits per heavy atom. The number of hydrogen-bond donors (Lipinski definition) is 1. The molecule has 0 bridgehead atoms. The van der Waals surface area contributed by atoms with Gasteiger partial charge in [-0.25, -0.2) is 0 Å². The third-order valence-electron chi connectivity index (χ3n) is 0.600. The molecule has 0 aromatic carbocycles. The van der Waals surface area contributed by atoms with Crippen molar-refractivity contribution < 1.29 is 5.11 Å². The average Bonchev–Trinajstić information content (AvgIpc) is 1.88. The highest BCUT2D eigenvalue weighted by atomic mass is 16.3. The first-order chi connectivity index (χ1) is 4.83. The zero-order valence-corrected chi connectivity index (χ0v) is 7.31. The molecule has 0 saturated carbocycles. The highest BCUT2D eigenvalue weighted by Crippen LogP contribution is 1.93. The minimum Gasteiger partial charge on any atom is -0.378 e. The molecule has 0 aromatic rings. The summed E-state index contributed by atoms with van der Waals surface area (Å²) in [5.41, 5.74) is -0.148. The molecule has 0 saturated heterocycles. The third kappa shape index (κ3) is 28.1. The predicted molar refractivity (Wildman–Crippen MR) is 48.8 cm³/mol. The molecule has 1 nitrogen and oxygen atoms in total. The monoisotopic (exact) mass is 150 g/mol. The fourth-order valence-electron chi connectivity index (χ4n) is 0. The van der Waals surface area contributed by atoms with Crippen LogP contribution in [0.3, 0.4) is 0 Å². The Bertz CT molecular complexity index is 192. The molecule has 0 heterocycles. The first-order valence-electron chi connectivity index (χ1n) is 3.15. The summed E-state index contributed by atoms with van der Waals surface area (Å²) in [4.78, 5) is 0. The van der Waals surface area contributed by atoms with Crippen molar-refractivity contribution in [1.29, 1.82) is 0 Å². The molecule has 0 aliphatic carbocycles. The van der Waals surface area contributed by atoms with Crippen LogP contribution in [0.2, 0.25) is 0 Å². The van der Waals surface area contributed by atoms with Crippen LogP contribution in [0.15, 0.2) is 12.2 Å². The van der Waals surface area contributed by atoms with Crippen molar-refractivity contribution in [1.82, 2.24) is 0 Å². The molecule has 11 heavy (non-hydrogen) atoms. The lowest BCUT2D eigenvalue weighted by Crippen LogP contribution is -2.13. The minimum atomic E-state index is -0.931. The predicted octanol–water partition coefficient (Wildman–Crippen LogP) is 1.59. The topological polar surface area (TPSA) is 20.2 Å². The van der Waals surface area contributed by atoms with E-state index in [9.17, 15) is 0 Å². The van der Waals surface area contributed by atoms with Gasteiger partial charge in [-0.15, -0.1) is 12.8 Å². The minimum absolute atomic E-state index is 0.782. The summed E-state index contributed by atoms with van der Waals surface area (Å²) in [7, 11) is 0. The number of allylic oxidation sites excluding steroid dienone is 1. The summed E-state index contributed by atoms with van der Waals surface area (Å²) < 4.78 is 0. The molecule has 0 aromatic heterocycles. The van der Waals surface area contributed by atoms with Crippen molar-refractivity contribution in [3.63, 3.8) is 0 Å². The van der Waals surface area contributed by atoms with Crippen LogP contribution in [-0.2, 0) is 0 Å². The Morgan fingerprint density at radius 2 is 1.64 bits per heavy atom. The van der Waals surface area contributed by atoms with E-state index in [0.29, 0.717) is 0 Å². The Hall–Kier alpha value is -1.18. The number of rotatable bonds is 0. The molecule has 0 amide bonds. The molecule has 1 N–H and O–H groups in total. The summed E-state index contributed by atoms with van der Waals surface area (Å²) in [6.07, 6.45) is 9.63. The largest absolute Gasteiger partial charge is 0.378 e. The Balaban J connectivity index is 0. The van der Waals surface area contributed by atoms with Crippen LogP contribution >= 0.6 is 0 Å². The standard InChI is InChI=1S/C5H8O.C5H6/c1-4-5(2,3)6;1-4-5(2)3/h1,6H,2-3H3;1H,2H2,3H3. The van der Waals surface area contributed by atoms with E-state index in [4.69, 9.17) is 18.0 Å². The van der Waals surface area contributed by atoms with Gasteiger partial charge in [0.2, 0.25) is 0 Å². The van der Waals surface area contributed by atoms with Crippen molar-refractivity contribution >= 4 is 0 Å². The summed E-state index contributed by atoms with van der Waals surface area (Å²) in [5.74, 6) is 4.49. The van der Waals surface area contributed by atoms with Gasteiger partial charge in [0.05, 0.1) is 0 Å². The maximum absolute atomic E-state index is 8.59. The first-order valence-corrected chi connectivity index (χ1v) is 3.15. The van der Waals surface area contributed by atoms with Crippen LogP contribution in [0, 0.1) is 24.7 Å². The highest BCUT2D eigenvalue weighted by molar-refractivity contribution is 5.17. The second-order valence-electron chi connectivity index (χ2n) is 2.63. The van der Waals surface area contributed by atoms with Crippen LogP contribution in [0.4, 0.5) is 0 Å². The van der Waals surface area contributed by atoms with Gasteiger partial charge in [0.15, 0.2) is 0 Å². The van der Waals surface area contributed by atoms with E-state index in [1.54, 1.807) is 20.8 Å². The Morgan fingerprint density at radius 3 is 1.64 bits per heavy atom. The first kappa shape index (κ1) is 12.5. The van der Waals surface area contributed by atoms with Gasteiger partial charge in [-0.2, -0.15) is 0 Å². The van der Waals surface area contributed by atoms with E-state index in [1.807, 2.05) is 0 Å². The van der Waals surface area contributed by atoms with Gasteiger partial charge in [-0.3, -0.25) is 0 Å². The Labute approximate surface area is 69.1 Å². The lowest BCUT2D eigenvalue weighted by atomic mass is 10.2. The van der Waals surface area contributed by atoms with Gasteiger partial charge in [-0.1, -0.05) is 18.4 Å². The lowest BCUT2D eigenvalue weighted by Gasteiger charge is -2.04. The number of hydrogen-bond acceptors (Lipinski definition) is 1. The molecule has 0 aliphatic heterocycles. The van der Waals surface area contributed by atoms with Crippen molar-refractivity contribution in [2.45, 2.75) is 26.4 Å². The fourth-order valence-corrected chi connectivity index (χ4v) is 0. The van der Waals surface area contributed by atoms with Gasteiger partial charge >= 0.3 is 0 Å². The second-order valence-corrected chi connectivity index (χ2v) is 2.63. The maximum Gasteiger partial charge on any atom is 0.119 e. The molecule has 0 fully saturated rings. The van der Waals surface area contributed by atoms with Crippen LogP contribution < -0.4 is 0 Å². The van der Waals surface area contributed by atoms with E-state index < -0.39 is 5.60 Å². The smallest absolute Gasteiger partial charge is 0.119 e. The van der Waals surface area contributed by atoms with E-state index >= 15 is 0 Å². The normalized spacial score (nSPS) is 8.18. The van der Waals surface area contributed by atoms with Crippen LogP contribution in [0.25, 0.3) is 0 Å². The number of terminal acetylenes is 2. The average molecular weight is 150 g/mol. The summed E-state index contributed by atoms with van der Waals surface area (Å²) in [6, 6.07) is 0. The van der Waals surface area contributed by atoms with Crippen LogP contribution in [-0.4, -0.2) is 10.7 Å². The molecule has 0 spiro atoms. The van der Waals surface area contributed by atoms with Crippen molar-refractivity contribution in [3.05, 3.63) is 12.2 Å². The van der Waals surface area contributed by atoms with Gasteiger partial charge in [0.25, 0.3) is 0 Å². The molecule has 1 heteroatoms. The van der Waals surface area contributed by atoms with Crippen molar-refractivity contribution in [3.8, 4) is 24.7 Å². The third-order valence-corrected chi connectivity index (χ3v) is 0.600. The molecule has 0 aliphatic rings. The second kappa shape index (κ2) is 5.59. The van der Waals surface area contributed by atoms with Gasteiger partial charge < -0.3 is 5.11 Å². The maximum atomic E-state index is 8.59. The molecular formula is C10H14O. The van der Waals surface area contributed by atoms with Gasteiger partial charge in [-0.05, 0) is 26.3 Å². The van der Waals surface area contributed by atoms with E-state index in [-0.39, 0.29) is 0 Å². The molecule has 0 radical (unpaired) electrons. The molecular weight excluding hydrogens is 136 g/mol. The molecule has 0 atom stereocenters. The van der Waals surface area contributed by atoms with E-state index in [2.05, 4.69) is 18.4 Å². The van der Waals surface area contributed by atoms with Crippen molar-refractivity contribution in [2.24, 2.45) is 0 Å². The van der Waals surface area contributed by atoms with Gasteiger partial charge in [0.1, 0.15) is 5.60 Å². The van der Waals surface area contributed by atoms with E-state index in [0.717, 1.165) is 5.57 Å². The molecule has 0 rings (SSSR count). The highest BCUT2D eigenvalue weighted by Gasteiger charge is 2.03. The van der Waals surface area contributed by atoms with Crippen molar-refractivity contribution in [2.75, 3.05) is 0 Å². The van der Waals surface area contributed by atoms with Crippen LogP contribution in [0.5, 0.6) is 0 Å². The SMILES string of the molecule is C#CC(=C)C.C#CC(C)(C)O. The summed E-state index contributed by atoms with van der Waals surface area (Å²) >= 11 is 0.